The Balaban J connectivity index is 1.89. The van der Waals surface area contributed by atoms with Crippen molar-refractivity contribution in [2.45, 2.75) is 12.8 Å². The number of nitrogens with two attached hydrogens (primary N) is 1. The van der Waals surface area contributed by atoms with E-state index < -0.39 is 0 Å². The van der Waals surface area contributed by atoms with Crippen LogP contribution in [0.5, 0.6) is 17.2 Å². The van der Waals surface area contributed by atoms with Crippen LogP contribution in [0.3, 0.4) is 0 Å². The van der Waals surface area contributed by atoms with Crippen LogP contribution in [0.2, 0.25) is 0 Å². The summed E-state index contributed by atoms with van der Waals surface area (Å²) in [6.07, 6.45) is 1.73. The molecule has 2 aromatic carbocycles. The second kappa shape index (κ2) is 9.91. The molecule has 2 aromatic rings. The van der Waals surface area contributed by atoms with Crippen molar-refractivity contribution in [1.82, 2.24) is 0 Å². The van der Waals surface area contributed by atoms with Gasteiger partial charge in [-0.25, -0.2) is 0 Å². The first-order valence-corrected chi connectivity index (χ1v) is 8.98. The zero-order valence-corrected chi connectivity index (χ0v) is 16.8. The van der Waals surface area contributed by atoms with E-state index in [-0.39, 0.29) is 0 Å². The highest BCUT2D eigenvalue weighted by atomic mass is 79.9. The van der Waals surface area contributed by atoms with Gasteiger partial charge in [0.1, 0.15) is 5.75 Å². The van der Waals surface area contributed by atoms with E-state index in [1.807, 2.05) is 30.3 Å². The van der Waals surface area contributed by atoms with Gasteiger partial charge in [-0.2, -0.15) is 0 Å². The van der Waals surface area contributed by atoms with E-state index in [0.29, 0.717) is 24.0 Å². The third kappa shape index (κ3) is 5.56. The maximum absolute atomic E-state index is 5.96. The smallest absolute Gasteiger partial charge is 0.193 e. The van der Waals surface area contributed by atoms with Crippen LogP contribution in [0.15, 0.2) is 45.9 Å². The van der Waals surface area contributed by atoms with Gasteiger partial charge in [-0.15, -0.1) is 0 Å². The molecule has 2 rings (SSSR count). The summed E-state index contributed by atoms with van der Waals surface area (Å²) in [5.41, 5.74) is 7.90. The van der Waals surface area contributed by atoms with E-state index in [4.69, 9.17) is 19.9 Å². The number of halogens is 1. The number of anilines is 1. The number of ether oxygens (including phenoxy) is 3. The predicted octanol–water partition coefficient (Wildman–Crippen LogP) is 3.83. The van der Waals surface area contributed by atoms with Gasteiger partial charge in [0, 0.05) is 22.8 Å². The number of hydrogen-bond acceptors (Lipinski definition) is 4. The van der Waals surface area contributed by atoms with E-state index in [2.05, 4.69) is 32.3 Å². The van der Waals surface area contributed by atoms with Crippen molar-refractivity contribution in [3.05, 3.63) is 46.4 Å². The third-order valence-corrected chi connectivity index (χ3v) is 4.28. The van der Waals surface area contributed by atoms with Crippen molar-refractivity contribution in [1.29, 1.82) is 0 Å². The Morgan fingerprint density at radius 2 is 1.73 bits per heavy atom. The highest BCUT2D eigenvalue weighted by molar-refractivity contribution is 9.10. The number of guanidine groups is 1. The molecule has 26 heavy (non-hydrogen) atoms. The van der Waals surface area contributed by atoms with E-state index in [9.17, 15) is 0 Å². The maximum Gasteiger partial charge on any atom is 0.193 e. The van der Waals surface area contributed by atoms with Crippen LogP contribution >= 0.6 is 15.9 Å². The van der Waals surface area contributed by atoms with E-state index in [1.165, 1.54) is 0 Å². The number of rotatable bonds is 8. The summed E-state index contributed by atoms with van der Waals surface area (Å²) in [5.74, 6) is 2.53. The number of nitrogens with one attached hydrogen (secondary N) is 1. The van der Waals surface area contributed by atoms with Gasteiger partial charge in [0.15, 0.2) is 17.5 Å². The van der Waals surface area contributed by atoms with Gasteiger partial charge >= 0.3 is 0 Å². The summed E-state index contributed by atoms with van der Waals surface area (Å²) >= 11 is 3.45. The van der Waals surface area contributed by atoms with Gasteiger partial charge in [-0.3, -0.25) is 4.99 Å². The standard InChI is InChI=1S/C19H24BrN3O3/c1-24-16-9-8-15(12-18(16)26-3)23-19(21)22-10-4-5-13-6-7-14(20)11-17(13)25-2/h6-9,11-12H,4-5,10H2,1-3H3,(H3,21,22,23). The zero-order valence-electron chi connectivity index (χ0n) is 15.2. The van der Waals surface area contributed by atoms with Crippen LogP contribution in [0, 0.1) is 0 Å². The Labute approximate surface area is 162 Å². The fourth-order valence-corrected chi connectivity index (χ4v) is 2.84. The highest BCUT2D eigenvalue weighted by Crippen LogP contribution is 2.29. The summed E-state index contributed by atoms with van der Waals surface area (Å²) < 4.78 is 16.9. The number of methoxy groups -OCH3 is 3. The number of aryl methyl sites for hydroxylation is 1. The molecule has 0 spiro atoms. The van der Waals surface area contributed by atoms with Crippen molar-refractivity contribution >= 4 is 27.6 Å². The van der Waals surface area contributed by atoms with Crippen LogP contribution in [0.1, 0.15) is 12.0 Å². The monoisotopic (exact) mass is 421 g/mol. The largest absolute Gasteiger partial charge is 0.496 e. The molecule has 6 nitrogen and oxygen atoms in total. The van der Waals surface area contributed by atoms with Gasteiger partial charge in [0.05, 0.1) is 21.3 Å². The number of aliphatic imine (C=N–C) groups is 1. The lowest BCUT2D eigenvalue weighted by Gasteiger charge is -2.11. The molecular formula is C19H24BrN3O3. The van der Waals surface area contributed by atoms with Crippen LogP contribution < -0.4 is 25.3 Å². The third-order valence-electron chi connectivity index (χ3n) is 3.79. The molecule has 0 aliphatic rings. The van der Waals surface area contributed by atoms with Crippen LogP contribution in [-0.2, 0) is 6.42 Å². The number of benzene rings is 2. The van der Waals surface area contributed by atoms with Crippen molar-refractivity contribution in [2.24, 2.45) is 10.7 Å². The lowest BCUT2D eigenvalue weighted by Crippen LogP contribution is -2.22. The topological polar surface area (TPSA) is 78.1 Å². The van der Waals surface area contributed by atoms with Crippen LogP contribution in [0.4, 0.5) is 5.69 Å². The second-order valence-corrected chi connectivity index (χ2v) is 6.44. The molecule has 0 amide bonds. The van der Waals surface area contributed by atoms with Crippen molar-refractivity contribution in [3.8, 4) is 17.2 Å². The lowest BCUT2D eigenvalue weighted by atomic mass is 10.1. The summed E-state index contributed by atoms with van der Waals surface area (Å²) in [5, 5.41) is 3.06. The fraction of sp³-hybridized carbons (Fsp3) is 0.316. The van der Waals surface area contributed by atoms with Crippen LogP contribution in [0.25, 0.3) is 0 Å². The predicted molar refractivity (Wildman–Crippen MR) is 109 cm³/mol. The molecule has 0 aliphatic carbocycles. The molecule has 0 bridgehead atoms. The molecular weight excluding hydrogens is 398 g/mol. The van der Waals surface area contributed by atoms with Crippen LogP contribution in [-0.4, -0.2) is 33.8 Å². The lowest BCUT2D eigenvalue weighted by molar-refractivity contribution is 0.355. The molecule has 140 valence electrons. The molecule has 0 fully saturated rings. The molecule has 3 N–H and O–H groups in total. The first-order valence-electron chi connectivity index (χ1n) is 8.18. The second-order valence-electron chi connectivity index (χ2n) is 5.52. The Morgan fingerprint density at radius 1 is 1.00 bits per heavy atom. The minimum Gasteiger partial charge on any atom is -0.496 e. The first kappa shape index (κ1) is 19.9. The zero-order chi connectivity index (χ0) is 18.9. The van der Waals surface area contributed by atoms with Crippen molar-refractivity contribution in [3.63, 3.8) is 0 Å². The van der Waals surface area contributed by atoms with Crippen molar-refractivity contribution < 1.29 is 14.2 Å². The average molecular weight is 422 g/mol. The Hall–Kier alpha value is -2.41. The minimum atomic E-state index is 0.361. The van der Waals surface area contributed by atoms with E-state index in [1.54, 1.807) is 21.3 Å². The Bertz CT molecular complexity index is 766. The minimum absolute atomic E-state index is 0.361. The Morgan fingerprint density at radius 3 is 2.42 bits per heavy atom. The highest BCUT2D eigenvalue weighted by Gasteiger charge is 2.06. The number of hydrogen-bond donors (Lipinski definition) is 2. The first-order chi connectivity index (χ1) is 12.6. The quantitative estimate of drug-likeness (QED) is 0.384. The molecule has 0 aliphatic heterocycles. The van der Waals surface area contributed by atoms with Gasteiger partial charge < -0.3 is 25.3 Å². The molecule has 0 saturated heterocycles. The SMILES string of the molecule is COc1cc(Br)ccc1CCCN=C(N)Nc1ccc(OC)c(OC)c1. The fourth-order valence-electron chi connectivity index (χ4n) is 2.50. The summed E-state index contributed by atoms with van der Waals surface area (Å²) in [6, 6.07) is 11.5. The van der Waals surface area contributed by atoms with E-state index in [0.717, 1.165) is 34.3 Å². The van der Waals surface area contributed by atoms with Gasteiger partial charge in [-0.1, -0.05) is 22.0 Å². The molecule has 0 atom stereocenters. The van der Waals surface area contributed by atoms with Gasteiger partial charge in [0.2, 0.25) is 0 Å². The summed E-state index contributed by atoms with van der Waals surface area (Å²) in [7, 11) is 4.87. The molecule has 0 aromatic heterocycles. The maximum atomic E-state index is 5.96. The molecule has 0 unspecified atom stereocenters. The van der Waals surface area contributed by atoms with E-state index >= 15 is 0 Å². The summed E-state index contributed by atoms with van der Waals surface area (Å²) in [4.78, 5) is 4.37. The average Bonchev–Trinajstić information content (AvgIpc) is 2.65. The van der Waals surface area contributed by atoms with Crippen molar-refractivity contribution in [2.75, 3.05) is 33.2 Å². The molecule has 0 radical (unpaired) electrons. The Kier molecular flexibility index (Phi) is 7.59. The van der Waals surface area contributed by atoms with Gasteiger partial charge in [-0.05, 0) is 42.7 Å². The molecule has 0 saturated carbocycles. The molecule has 7 heteroatoms. The van der Waals surface area contributed by atoms with Gasteiger partial charge in [0.25, 0.3) is 0 Å². The summed E-state index contributed by atoms with van der Waals surface area (Å²) in [6.45, 7) is 0.616. The number of nitrogens with zero attached hydrogens (tertiary/aromatic N) is 1. The normalized spacial score (nSPS) is 11.2. The molecule has 0 heterocycles.